The largest absolute Gasteiger partial charge is 0.469 e. The van der Waals surface area contributed by atoms with Crippen molar-refractivity contribution in [3.05, 3.63) is 66.2 Å². The van der Waals surface area contributed by atoms with Crippen molar-refractivity contribution in [2.75, 3.05) is 25.7 Å². The van der Waals surface area contributed by atoms with Gasteiger partial charge >= 0.3 is 11.9 Å². The normalized spacial score (nSPS) is 11.4. The average molecular weight is 482 g/mol. The van der Waals surface area contributed by atoms with Gasteiger partial charge in [0.15, 0.2) is 0 Å². The van der Waals surface area contributed by atoms with Gasteiger partial charge in [-0.2, -0.15) is 0 Å². The van der Waals surface area contributed by atoms with Crippen LogP contribution < -0.4 is 4.90 Å². The number of anilines is 1. The van der Waals surface area contributed by atoms with Gasteiger partial charge in [0.1, 0.15) is 5.78 Å². The molecule has 188 valence electrons. The second-order valence-electron chi connectivity index (χ2n) is 8.45. The first-order valence-electron chi connectivity index (χ1n) is 12.0. The molecular weight excluding hydrogens is 446 g/mol. The van der Waals surface area contributed by atoms with Crippen molar-refractivity contribution in [3.63, 3.8) is 0 Å². The summed E-state index contributed by atoms with van der Waals surface area (Å²) in [5, 5.41) is 0. The first-order chi connectivity index (χ1) is 16.9. The van der Waals surface area contributed by atoms with Crippen LogP contribution in [0.1, 0.15) is 50.5 Å². The van der Waals surface area contributed by atoms with Gasteiger partial charge in [-0.05, 0) is 42.9 Å². The number of hydrogen-bond donors (Lipinski definition) is 0. The summed E-state index contributed by atoms with van der Waals surface area (Å²) in [6, 6.07) is 19.4. The molecule has 0 saturated carbocycles. The average Bonchev–Trinajstić information content (AvgIpc) is 2.89. The van der Waals surface area contributed by atoms with Gasteiger partial charge in [-0.3, -0.25) is 19.2 Å². The van der Waals surface area contributed by atoms with Crippen molar-refractivity contribution in [2.45, 2.75) is 51.4 Å². The summed E-state index contributed by atoms with van der Waals surface area (Å²) in [4.78, 5) is 50.3. The number of rotatable bonds is 15. The lowest BCUT2D eigenvalue weighted by molar-refractivity contribution is -0.142. The van der Waals surface area contributed by atoms with Gasteiger partial charge in [-0.1, -0.05) is 48.5 Å². The van der Waals surface area contributed by atoms with E-state index in [0.29, 0.717) is 19.4 Å². The van der Waals surface area contributed by atoms with Gasteiger partial charge in [-0.15, -0.1) is 0 Å². The maximum Gasteiger partial charge on any atom is 0.306 e. The molecule has 0 bridgehead atoms. The van der Waals surface area contributed by atoms with E-state index in [2.05, 4.69) is 21.6 Å². The Morgan fingerprint density at radius 3 is 1.91 bits per heavy atom. The highest BCUT2D eigenvalue weighted by molar-refractivity contribution is 5.94. The smallest absolute Gasteiger partial charge is 0.306 e. The fourth-order valence-corrected chi connectivity index (χ4v) is 3.89. The maximum atomic E-state index is 13.0. The van der Waals surface area contributed by atoms with E-state index in [1.165, 1.54) is 19.8 Å². The van der Waals surface area contributed by atoms with Crippen molar-refractivity contribution in [2.24, 2.45) is 5.92 Å². The summed E-state index contributed by atoms with van der Waals surface area (Å²) in [5.74, 6) is -0.939. The monoisotopic (exact) mass is 481 g/mol. The molecule has 0 saturated heterocycles. The summed E-state index contributed by atoms with van der Waals surface area (Å²) in [5.41, 5.74) is 1.94. The topological polar surface area (TPSA) is 90.0 Å². The van der Waals surface area contributed by atoms with Crippen molar-refractivity contribution in [1.82, 2.24) is 0 Å². The van der Waals surface area contributed by atoms with E-state index in [1.807, 2.05) is 48.5 Å². The number of aryl methyl sites for hydroxylation is 1. The van der Waals surface area contributed by atoms with E-state index in [4.69, 9.17) is 0 Å². The highest BCUT2D eigenvalue weighted by Gasteiger charge is 2.21. The molecule has 0 aromatic heterocycles. The Labute approximate surface area is 207 Å². The van der Waals surface area contributed by atoms with E-state index in [0.717, 1.165) is 18.5 Å². The highest BCUT2D eigenvalue weighted by Crippen LogP contribution is 2.23. The van der Waals surface area contributed by atoms with Gasteiger partial charge < -0.3 is 14.4 Å². The summed E-state index contributed by atoms with van der Waals surface area (Å²) < 4.78 is 9.31. The summed E-state index contributed by atoms with van der Waals surface area (Å²) in [7, 11) is 2.61. The van der Waals surface area contributed by atoms with Crippen LogP contribution in [-0.4, -0.2) is 44.4 Å². The van der Waals surface area contributed by atoms with Gasteiger partial charge in [0, 0.05) is 31.5 Å². The molecule has 2 rings (SSSR count). The number of amides is 1. The van der Waals surface area contributed by atoms with Crippen molar-refractivity contribution in [3.8, 4) is 0 Å². The lowest BCUT2D eigenvalue weighted by Gasteiger charge is -2.26. The third-order valence-electron chi connectivity index (χ3n) is 5.94. The first-order valence-corrected chi connectivity index (χ1v) is 12.0. The number of benzene rings is 2. The summed E-state index contributed by atoms with van der Waals surface area (Å²) in [6.45, 7) is 0.424. The van der Waals surface area contributed by atoms with Crippen LogP contribution in [-0.2, 0) is 35.1 Å². The van der Waals surface area contributed by atoms with Crippen LogP contribution in [0.4, 0.5) is 5.69 Å². The van der Waals surface area contributed by atoms with Crippen molar-refractivity contribution < 1.29 is 28.7 Å². The molecule has 0 aliphatic heterocycles. The standard InChI is InChI=1S/C28H35NO6/c1-34-27(32)17-15-25(30)21-23(14-13-22-9-5-3-6-10-22)19-20-29(24-11-7-4-8-12-24)26(31)16-18-28(33)35-2/h3-12,23H,13-21H2,1-2H3/t23-/m1/s1. The molecule has 0 aliphatic carbocycles. The number of ketones is 1. The Morgan fingerprint density at radius 2 is 1.31 bits per heavy atom. The molecule has 35 heavy (non-hydrogen) atoms. The molecular formula is C28H35NO6. The van der Waals surface area contributed by atoms with Crippen LogP contribution >= 0.6 is 0 Å². The van der Waals surface area contributed by atoms with Crippen LogP contribution in [0.5, 0.6) is 0 Å². The Bertz CT molecular complexity index is 944. The fraction of sp³-hybridized carbons (Fsp3) is 0.429. The Balaban J connectivity index is 2.08. The van der Waals surface area contributed by atoms with E-state index in [9.17, 15) is 19.2 Å². The van der Waals surface area contributed by atoms with E-state index in [1.54, 1.807) is 4.90 Å². The van der Waals surface area contributed by atoms with E-state index >= 15 is 0 Å². The lowest BCUT2D eigenvalue weighted by atomic mass is 9.90. The van der Waals surface area contributed by atoms with Crippen LogP contribution in [0.15, 0.2) is 60.7 Å². The van der Waals surface area contributed by atoms with Gasteiger partial charge in [0.25, 0.3) is 0 Å². The number of carbonyl (C=O) groups excluding carboxylic acids is 4. The molecule has 7 nitrogen and oxygen atoms in total. The Morgan fingerprint density at radius 1 is 0.743 bits per heavy atom. The molecule has 7 heteroatoms. The maximum absolute atomic E-state index is 13.0. The molecule has 0 heterocycles. The molecule has 0 N–H and O–H groups in total. The number of esters is 2. The SMILES string of the molecule is COC(=O)CCC(=O)C[C@H](CCc1ccccc1)CCN(C(=O)CCC(=O)OC)c1ccccc1. The van der Waals surface area contributed by atoms with Gasteiger partial charge in [-0.25, -0.2) is 0 Å². The zero-order chi connectivity index (χ0) is 25.5. The minimum atomic E-state index is -0.427. The lowest BCUT2D eigenvalue weighted by Crippen LogP contribution is -2.33. The Kier molecular flexibility index (Phi) is 12.2. The Hall–Kier alpha value is -3.48. The zero-order valence-electron chi connectivity index (χ0n) is 20.6. The van der Waals surface area contributed by atoms with E-state index in [-0.39, 0.29) is 43.3 Å². The predicted octanol–water partition coefficient (Wildman–Crippen LogP) is 4.52. The third-order valence-corrected chi connectivity index (χ3v) is 5.94. The van der Waals surface area contributed by atoms with Crippen LogP contribution in [0.2, 0.25) is 0 Å². The van der Waals surface area contributed by atoms with Crippen LogP contribution in [0.25, 0.3) is 0 Å². The molecule has 1 amide bonds. The number of hydrogen-bond acceptors (Lipinski definition) is 6. The van der Waals surface area contributed by atoms with Crippen molar-refractivity contribution in [1.29, 1.82) is 0 Å². The third kappa shape index (κ3) is 10.5. The number of Topliss-reactive ketones (excluding diaryl/α,β-unsaturated/α-hetero) is 1. The summed E-state index contributed by atoms with van der Waals surface area (Å²) >= 11 is 0. The predicted molar refractivity (Wildman–Crippen MR) is 134 cm³/mol. The zero-order valence-corrected chi connectivity index (χ0v) is 20.6. The van der Waals surface area contributed by atoms with Gasteiger partial charge in [0.05, 0.1) is 27.1 Å². The molecule has 0 fully saturated rings. The quantitative estimate of drug-likeness (QED) is 0.347. The molecule has 0 unspecified atom stereocenters. The van der Waals surface area contributed by atoms with E-state index < -0.39 is 11.9 Å². The number of ether oxygens (including phenoxy) is 2. The molecule has 2 aromatic carbocycles. The van der Waals surface area contributed by atoms with Crippen LogP contribution in [0.3, 0.4) is 0 Å². The first kappa shape index (κ1) is 27.8. The molecule has 0 spiro atoms. The minimum absolute atomic E-state index is 0.0109. The van der Waals surface area contributed by atoms with Gasteiger partial charge in [0.2, 0.25) is 5.91 Å². The minimum Gasteiger partial charge on any atom is -0.469 e. The number of carbonyl (C=O) groups is 4. The second-order valence-corrected chi connectivity index (χ2v) is 8.45. The van der Waals surface area contributed by atoms with Crippen molar-refractivity contribution >= 4 is 29.3 Å². The number of para-hydroxylation sites is 1. The molecule has 0 radical (unpaired) electrons. The fourth-order valence-electron chi connectivity index (χ4n) is 3.89. The molecule has 0 aliphatic rings. The second kappa shape index (κ2) is 15.4. The molecule has 1 atom stereocenters. The van der Waals surface area contributed by atoms with Crippen LogP contribution in [0, 0.1) is 5.92 Å². The summed E-state index contributed by atoms with van der Waals surface area (Å²) in [6.07, 6.45) is 2.84. The highest BCUT2D eigenvalue weighted by atomic mass is 16.5. The number of methoxy groups -OCH3 is 2. The molecule has 2 aromatic rings. The number of nitrogens with zero attached hydrogens (tertiary/aromatic N) is 1.